The van der Waals surface area contributed by atoms with Gasteiger partial charge in [-0.3, -0.25) is 0 Å². The lowest BCUT2D eigenvalue weighted by Crippen LogP contribution is -2.66. The molecule has 3 saturated heterocycles. The average Bonchev–Trinajstić information content (AvgIpc) is 2.85. The van der Waals surface area contributed by atoms with Crippen LogP contribution in [0.25, 0.3) is 0 Å². The molecule has 3 rings (SSSR count). The Bertz CT molecular complexity index is 638. The van der Waals surface area contributed by atoms with Crippen LogP contribution in [0, 0.1) is 0 Å². The van der Waals surface area contributed by atoms with E-state index in [2.05, 4.69) is 0 Å². The van der Waals surface area contributed by atoms with Gasteiger partial charge >= 0.3 is 0 Å². The highest BCUT2D eigenvalue weighted by Crippen LogP contribution is 2.32. The lowest BCUT2D eigenvalue weighted by molar-refractivity contribution is -0.380. The van der Waals surface area contributed by atoms with E-state index in [-0.39, 0.29) is 0 Å². The predicted molar refractivity (Wildman–Crippen MR) is 106 cm³/mol. The van der Waals surface area contributed by atoms with Gasteiger partial charge in [0.15, 0.2) is 18.9 Å². The minimum absolute atomic E-state index is 0.664. The Kier molecular flexibility index (Phi) is 10.1. The van der Waals surface area contributed by atoms with Crippen molar-refractivity contribution in [2.24, 2.45) is 0 Å². The van der Waals surface area contributed by atoms with Gasteiger partial charge in [0.05, 0.1) is 19.8 Å². The molecule has 0 aromatic carbocycles. The number of methoxy groups -OCH3 is 1. The Balaban J connectivity index is 1.79. The minimum Gasteiger partial charge on any atom is -0.394 e. The minimum atomic E-state index is -1.88. The second kappa shape index (κ2) is 12.3. The summed E-state index contributed by atoms with van der Waals surface area (Å²) in [6.07, 6.45) is -24.1. The molecule has 0 aliphatic carbocycles. The zero-order chi connectivity index (χ0) is 26.0. The molecule has 16 heteroatoms. The first-order valence-corrected chi connectivity index (χ1v) is 11.0. The van der Waals surface area contributed by atoms with Crippen LogP contribution in [0.3, 0.4) is 0 Å². The van der Waals surface area contributed by atoms with Crippen molar-refractivity contribution in [3.05, 3.63) is 0 Å². The van der Waals surface area contributed by atoms with Crippen molar-refractivity contribution < 1.29 is 79.5 Å². The molecule has 10 N–H and O–H groups in total. The Labute approximate surface area is 199 Å². The molecule has 3 aliphatic heterocycles. The highest BCUT2D eigenvalue weighted by atomic mass is 16.8. The van der Waals surface area contributed by atoms with Gasteiger partial charge < -0.3 is 79.5 Å². The van der Waals surface area contributed by atoms with E-state index in [9.17, 15) is 51.1 Å². The van der Waals surface area contributed by atoms with Crippen molar-refractivity contribution in [2.75, 3.05) is 26.9 Å². The van der Waals surface area contributed by atoms with Crippen LogP contribution in [0.15, 0.2) is 0 Å². The maximum atomic E-state index is 10.8. The van der Waals surface area contributed by atoms with Crippen LogP contribution in [-0.2, 0) is 28.4 Å². The molecule has 0 amide bonds. The summed E-state index contributed by atoms with van der Waals surface area (Å²) in [6, 6.07) is 0. The summed E-state index contributed by atoms with van der Waals surface area (Å²) < 4.78 is 31.8. The molecule has 15 atom stereocenters. The molecule has 3 aliphatic rings. The molecule has 0 saturated carbocycles. The fraction of sp³-hybridized carbons (Fsp3) is 1.00. The van der Waals surface area contributed by atoms with Crippen molar-refractivity contribution in [1.82, 2.24) is 0 Å². The predicted octanol–water partition coefficient (Wildman–Crippen LogP) is -6.92. The average molecular weight is 518 g/mol. The third-order valence-electron chi connectivity index (χ3n) is 6.31. The van der Waals surface area contributed by atoms with Gasteiger partial charge in [0, 0.05) is 7.11 Å². The van der Waals surface area contributed by atoms with E-state index in [0.29, 0.717) is 0 Å². The van der Waals surface area contributed by atoms with Crippen molar-refractivity contribution in [1.29, 1.82) is 0 Å². The topological polar surface area (TPSA) is 258 Å². The van der Waals surface area contributed by atoms with Crippen molar-refractivity contribution in [2.45, 2.75) is 92.1 Å². The summed E-state index contributed by atoms with van der Waals surface area (Å²) in [5.74, 6) is 0. The molecule has 3 fully saturated rings. The Morgan fingerprint density at radius 3 is 1.29 bits per heavy atom. The van der Waals surface area contributed by atoms with Gasteiger partial charge in [0.2, 0.25) is 0 Å². The summed E-state index contributed by atoms with van der Waals surface area (Å²) >= 11 is 0. The van der Waals surface area contributed by atoms with Crippen LogP contribution < -0.4 is 0 Å². The summed E-state index contributed by atoms with van der Waals surface area (Å²) in [4.78, 5) is 0. The molecule has 0 radical (unpaired) electrons. The lowest BCUT2D eigenvalue weighted by atomic mass is 9.96. The first-order chi connectivity index (χ1) is 16.6. The van der Waals surface area contributed by atoms with Gasteiger partial charge in [0.1, 0.15) is 73.2 Å². The van der Waals surface area contributed by atoms with E-state index in [1.807, 2.05) is 0 Å². The zero-order valence-corrected chi connectivity index (χ0v) is 18.7. The summed E-state index contributed by atoms with van der Waals surface area (Å²) in [7, 11) is 1.20. The monoisotopic (exact) mass is 518 g/mol. The number of rotatable bonds is 8. The largest absolute Gasteiger partial charge is 0.394 e. The number of aliphatic hydroxyl groups excluding tert-OH is 10. The molecular weight excluding hydrogens is 484 g/mol. The van der Waals surface area contributed by atoms with Crippen LogP contribution in [0.1, 0.15) is 0 Å². The van der Waals surface area contributed by atoms with Gasteiger partial charge in [-0.15, -0.1) is 0 Å². The molecule has 0 bridgehead atoms. The van der Waals surface area contributed by atoms with Crippen molar-refractivity contribution in [3.8, 4) is 0 Å². The smallest absolute Gasteiger partial charge is 0.187 e. The number of hydrogen-bond acceptors (Lipinski definition) is 16. The molecule has 3 heterocycles. The second-order valence-electron chi connectivity index (χ2n) is 8.55. The van der Waals surface area contributed by atoms with E-state index in [1.54, 1.807) is 0 Å². The number of aliphatic hydroxyl groups is 10. The second-order valence-corrected chi connectivity index (χ2v) is 8.55. The van der Waals surface area contributed by atoms with Crippen LogP contribution in [-0.4, -0.2) is 170 Å². The molecule has 206 valence electrons. The third-order valence-corrected chi connectivity index (χ3v) is 6.31. The molecule has 6 unspecified atom stereocenters. The van der Waals surface area contributed by atoms with E-state index in [1.165, 1.54) is 7.11 Å². The van der Waals surface area contributed by atoms with Gasteiger partial charge in [-0.05, 0) is 0 Å². The Morgan fingerprint density at radius 2 is 0.857 bits per heavy atom. The SMILES string of the molecule is CO[C@H]1OC(CO)[C@@H](O)[C@H](O[C@H]2OC(CO)[C@@H](O)[C@H](O[C@H]3OC(CO)[C@@H](O)[C@H](O)C3O)C2O)C1O. The maximum Gasteiger partial charge on any atom is 0.187 e. The van der Waals surface area contributed by atoms with Crippen LogP contribution in [0.4, 0.5) is 0 Å². The molecule has 16 nitrogen and oxygen atoms in total. The lowest BCUT2D eigenvalue weighted by Gasteiger charge is -2.48. The van der Waals surface area contributed by atoms with Gasteiger partial charge in [0.25, 0.3) is 0 Å². The fourth-order valence-corrected chi connectivity index (χ4v) is 4.22. The summed E-state index contributed by atoms with van der Waals surface area (Å²) in [5.41, 5.74) is 0. The van der Waals surface area contributed by atoms with Gasteiger partial charge in [-0.2, -0.15) is 0 Å². The summed E-state index contributed by atoms with van der Waals surface area (Å²) in [5, 5.41) is 101. The van der Waals surface area contributed by atoms with Crippen LogP contribution >= 0.6 is 0 Å². The fourth-order valence-electron chi connectivity index (χ4n) is 4.22. The number of hydrogen-bond donors (Lipinski definition) is 10. The van der Waals surface area contributed by atoms with E-state index >= 15 is 0 Å². The Hall–Kier alpha value is -0.640. The summed E-state index contributed by atoms with van der Waals surface area (Å²) in [6.45, 7) is -2.20. The van der Waals surface area contributed by atoms with E-state index < -0.39 is 112 Å². The van der Waals surface area contributed by atoms with Crippen molar-refractivity contribution >= 4 is 0 Å². The Morgan fingerprint density at radius 1 is 0.486 bits per heavy atom. The van der Waals surface area contributed by atoms with Crippen LogP contribution in [0.5, 0.6) is 0 Å². The van der Waals surface area contributed by atoms with Crippen LogP contribution in [0.2, 0.25) is 0 Å². The van der Waals surface area contributed by atoms with E-state index in [0.717, 1.165) is 0 Å². The van der Waals surface area contributed by atoms with Gasteiger partial charge in [-0.1, -0.05) is 0 Å². The normalized spacial score (nSPS) is 51.3. The highest BCUT2D eigenvalue weighted by molar-refractivity contribution is 4.96. The molecular formula is C19H34O16. The third kappa shape index (κ3) is 5.78. The van der Waals surface area contributed by atoms with E-state index in [4.69, 9.17) is 28.4 Å². The quantitative estimate of drug-likeness (QED) is 0.143. The molecule has 35 heavy (non-hydrogen) atoms. The zero-order valence-electron chi connectivity index (χ0n) is 18.7. The number of ether oxygens (including phenoxy) is 6. The molecule has 0 aromatic heterocycles. The standard InChI is InChI=1S/C19H34O16/c1-30-17-13(28)15(9(24)6(3-21)31-17)35-19-14(29)16(10(25)7(4-22)33-19)34-18-12(27)11(26)8(23)5(2-20)32-18/h5-29H,2-4H2,1H3/t5?,6?,7?,8-,9-,10-,11+,12?,13?,14?,15+,16+,17+,18-,19-/m1/s1. The highest BCUT2D eigenvalue weighted by Gasteiger charge is 2.53. The molecule has 0 spiro atoms. The van der Waals surface area contributed by atoms with Gasteiger partial charge in [-0.25, -0.2) is 0 Å². The maximum absolute atomic E-state index is 10.8. The molecule has 0 aromatic rings. The van der Waals surface area contributed by atoms with Crippen molar-refractivity contribution in [3.63, 3.8) is 0 Å². The first kappa shape index (κ1) is 28.9. The first-order valence-electron chi connectivity index (χ1n) is 11.0.